The number of hydrogen-bond acceptors (Lipinski definition) is 3. The smallest absolute Gasteiger partial charge is 0.305 e. The summed E-state index contributed by atoms with van der Waals surface area (Å²) in [5.41, 5.74) is 0. The zero-order valence-electron chi connectivity index (χ0n) is 8.42. The van der Waals surface area contributed by atoms with E-state index in [1.54, 1.807) is 0 Å². The lowest BCUT2D eigenvalue weighted by Crippen LogP contribution is -2.05. The van der Waals surface area contributed by atoms with Crippen LogP contribution in [0.3, 0.4) is 0 Å². The van der Waals surface area contributed by atoms with Gasteiger partial charge in [0, 0.05) is 13.0 Å². The van der Waals surface area contributed by atoms with Gasteiger partial charge < -0.3 is 9.84 Å². The monoisotopic (exact) mass is 188 g/mol. The summed E-state index contributed by atoms with van der Waals surface area (Å²) in [4.78, 5) is 11.0. The van der Waals surface area contributed by atoms with Gasteiger partial charge in [-0.2, -0.15) is 0 Å². The minimum absolute atomic E-state index is 0.135. The lowest BCUT2D eigenvalue weighted by Gasteiger charge is -2.03. The Morgan fingerprint density at radius 2 is 2.00 bits per heavy atom. The summed E-state index contributed by atoms with van der Waals surface area (Å²) in [6, 6.07) is 0. The van der Waals surface area contributed by atoms with Crippen molar-refractivity contribution in [1.29, 1.82) is 0 Å². The van der Waals surface area contributed by atoms with Crippen LogP contribution in [-0.2, 0) is 9.53 Å². The third-order valence-corrected chi connectivity index (χ3v) is 1.80. The second-order valence-corrected chi connectivity index (χ2v) is 3.11. The molecule has 0 aromatic carbocycles. The summed E-state index contributed by atoms with van der Waals surface area (Å²) in [5.74, 6) is -0.135. The standard InChI is InChI=1S/C10H20O3/c1-2-3-6-9-13-10(12)7-4-5-8-11/h11H,2-9H2,1H3. The normalized spacial score (nSPS) is 10.0. The average molecular weight is 188 g/mol. The molecule has 0 aliphatic heterocycles. The molecule has 0 fully saturated rings. The minimum Gasteiger partial charge on any atom is -0.466 e. The molecule has 3 nitrogen and oxygen atoms in total. The van der Waals surface area contributed by atoms with E-state index in [1.165, 1.54) is 0 Å². The van der Waals surface area contributed by atoms with Crippen LogP contribution in [0.5, 0.6) is 0 Å². The highest BCUT2D eigenvalue weighted by atomic mass is 16.5. The molecule has 0 saturated carbocycles. The predicted octanol–water partition coefficient (Wildman–Crippen LogP) is 1.88. The van der Waals surface area contributed by atoms with Gasteiger partial charge in [-0.3, -0.25) is 4.79 Å². The van der Waals surface area contributed by atoms with Crippen molar-refractivity contribution in [3.8, 4) is 0 Å². The van der Waals surface area contributed by atoms with Gasteiger partial charge in [-0.1, -0.05) is 19.8 Å². The Morgan fingerprint density at radius 3 is 2.62 bits per heavy atom. The molecule has 0 atom stereocenters. The number of esters is 1. The van der Waals surface area contributed by atoms with E-state index in [0.29, 0.717) is 19.4 Å². The summed E-state index contributed by atoms with van der Waals surface area (Å²) in [7, 11) is 0. The van der Waals surface area contributed by atoms with Gasteiger partial charge in [0.25, 0.3) is 0 Å². The summed E-state index contributed by atoms with van der Waals surface area (Å²) >= 11 is 0. The molecule has 0 aromatic heterocycles. The van der Waals surface area contributed by atoms with E-state index in [0.717, 1.165) is 25.7 Å². The molecule has 0 amide bonds. The zero-order chi connectivity index (χ0) is 9.94. The molecule has 0 rings (SSSR count). The van der Waals surface area contributed by atoms with Crippen molar-refractivity contribution in [1.82, 2.24) is 0 Å². The fraction of sp³-hybridized carbons (Fsp3) is 0.900. The number of hydrogen-bond donors (Lipinski definition) is 1. The maximum absolute atomic E-state index is 11.0. The summed E-state index contributed by atoms with van der Waals surface area (Å²) in [6.45, 7) is 2.82. The van der Waals surface area contributed by atoms with Gasteiger partial charge in [0.05, 0.1) is 6.61 Å². The second kappa shape index (κ2) is 9.52. The maximum atomic E-state index is 11.0. The van der Waals surface area contributed by atoms with E-state index in [-0.39, 0.29) is 12.6 Å². The molecule has 78 valence electrons. The van der Waals surface area contributed by atoms with E-state index >= 15 is 0 Å². The third kappa shape index (κ3) is 9.34. The first-order valence-electron chi connectivity index (χ1n) is 5.07. The highest BCUT2D eigenvalue weighted by Crippen LogP contribution is 1.99. The molecule has 0 bridgehead atoms. The molecular formula is C10H20O3. The van der Waals surface area contributed by atoms with Gasteiger partial charge in [0.1, 0.15) is 0 Å². The lowest BCUT2D eigenvalue weighted by molar-refractivity contribution is -0.143. The first-order chi connectivity index (χ1) is 6.31. The topological polar surface area (TPSA) is 46.5 Å². The Morgan fingerprint density at radius 1 is 1.23 bits per heavy atom. The molecule has 0 aliphatic carbocycles. The third-order valence-electron chi connectivity index (χ3n) is 1.80. The van der Waals surface area contributed by atoms with Gasteiger partial charge in [0.2, 0.25) is 0 Å². The molecule has 3 heteroatoms. The van der Waals surface area contributed by atoms with Crippen LogP contribution in [0, 0.1) is 0 Å². The van der Waals surface area contributed by atoms with Crippen molar-refractivity contribution < 1.29 is 14.6 Å². The van der Waals surface area contributed by atoms with E-state index in [1.807, 2.05) is 0 Å². The first kappa shape index (κ1) is 12.4. The van der Waals surface area contributed by atoms with E-state index in [4.69, 9.17) is 9.84 Å². The summed E-state index contributed by atoms with van der Waals surface area (Å²) in [5, 5.41) is 8.47. The molecule has 13 heavy (non-hydrogen) atoms. The number of carbonyl (C=O) groups is 1. The van der Waals surface area contributed by atoms with Crippen LogP contribution >= 0.6 is 0 Å². The number of rotatable bonds is 8. The van der Waals surface area contributed by atoms with Crippen molar-refractivity contribution in [2.45, 2.75) is 45.4 Å². The van der Waals surface area contributed by atoms with Crippen LogP contribution < -0.4 is 0 Å². The van der Waals surface area contributed by atoms with Crippen LogP contribution in [-0.4, -0.2) is 24.3 Å². The molecule has 0 unspecified atom stereocenters. The fourth-order valence-electron chi connectivity index (χ4n) is 0.991. The SMILES string of the molecule is CCCCCOC(=O)CCCCO. The van der Waals surface area contributed by atoms with Crippen molar-refractivity contribution in [2.24, 2.45) is 0 Å². The highest BCUT2D eigenvalue weighted by molar-refractivity contribution is 5.69. The summed E-state index contributed by atoms with van der Waals surface area (Å²) < 4.78 is 4.97. The quantitative estimate of drug-likeness (QED) is 0.467. The summed E-state index contributed by atoms with van der Waals surface area (Å²) in [6.07, 6.45) is 5.06. The van der Waals surface area contributed by atoms with Crippen LogP contribution in [0.1, 0.15) is 45.4 Å². The molecule has 0 heterocycles. The minimum atomic E-state index is -0.135. The number of carbonyl (C=O) groups excluding carboxylic acids is 1. The van der Waals surface area contributed by atoms with Crippen molar-refractivity contribution in [3.63, 3.8) is 0 Å². The number of aliphatic hydroxyl groups excluding tert-OH is 1. The Balaban J connectivity index is 3.11. The molecule has 1 N–H and O–H groups in total. The Bertz CT molecular complexity index is 123. The second-order valence-electron chi connectivity index (χ2n) is 3.11. The van der Waals surface area contributed by atoms with E-state index < -0.39 is 0 Å². The van der Waals surface area contributed by atoms with Crippen molar-refractivity contribution >= 4 is 5.97 Å². The van der Waals surface area contributed by atoms with Gasteiger partial charge in [-0.05, 0) is 19.3 Å². The van der Waals surface area contributed by atoms with Gasteiger partial charge in [0.15, 0.2) is 0 Å². The van der Waals surface area contributed by atoms with Crippen LogP contribution in [0.15, 0.2) is 0 Å². The number of ether oxygens (including phenoxy) is 1. The number of aliphatic hydroxyl groups is 1. The average Bonchev–Trinajstić information content (AvgIpc) is 2.13. The molecule has 0 spiro atoms. The first-order valence-corrected chi connectivity index (χ1v) is 5.07. The van der Waals surface area contributed by atoms with E-state index in [2.05, 4.69) is 6.92 Å². The Labute approximate surface area is 80.1 Å². The van der Waals surface area contributed by atoms with Gasteiger partial charge in [-0.15, -0.1) is 0 Å². The highest BCUT2D eigenvalue weighted by Gasteiger charge is 2.00. The molecule has 0 saturated heterocycles. The Kier molecular flexibility index (Phi) is 9.10. The van der Waals surface area contributed by atoms with E-state index in [9.17, 15) is 4.79 Å². The Hall–Kier alpha value is -0.570. The van der Waals surface area contributed by atoms with Crippen molar-refractivity contribution in [3.05, 3.63) is 0 Å². The van der Waals surface area contributed by atoms with Crippen LogP contribution in [0.25, 0.3) is 0 Å². The van der Waals surface area contributed by atoms with Gasteiger partial charge >= 0.3 is 5.97 Å². The number of unbranched alkanes of at least 4 members (excludes halogenated alkanes) is 3. The molecule has 0 radical (unpaired) electrons. The molecule has 0 aromatic rings. The molecule has 0 aliphatic rings. The largest absolute Gasteiger partial charge is 0.466 e. The lowest BCUT2D eigenvalue weighted by atomic mass is 10.2. The van der Waals surface area contributed by atoms with Crippen LogP contribution in [0.2, 0.25) is 0 Å². The fourth-order valence-corrected chi connectivity index (χ4v) is 0.991. The maximum Gasteiger partial charge on any atom is 0.305 e. The molecular weight excluding hydrogens is 168 g/mol. The van der Waals surface area contributed by atoms with Crippen LogP contribution in [0.4, 0.5) is 0 Å². The van der Waals surface area contributed by atoms with Crippen molar-refractivity contribution in [2.75, 3.05) is 13.2 Å². The predicted molar refractivity (Wildman–Crippen MR) is 51.4 cm³/mol. The zero-order valence-corrected chi connectivity index (χ0v) is 8.42. The van der Waals surface area contributed by atoms with Gasteiger partial charge in [-0.25, -0.2) is 0 Å².